The van der Waals surface area contributed by atoms with E-state index in [1.165, 1.54) is 21.6 Å². The summed E-state index contributed by atoms with van der Waals surface area (Å²) in [6.45, 7) is 6.72. The normalized spacial score (nSPS) is 27.7. The fourth-order valence-electron chi connectivity index (χ4n) is 6.40. The van der Waals surface area contributed by atoms with Gasteiger partial charge in [0, 0.05) is 26.8 Å². The van der Waals surface area contributed by atoms with Crippen LogP contribution in [0, 0.1) is 5.92 Å². The SMILES string of the molecule is CCOC(=O)C1CCC[N+]2(CC)C1[C@]21c2ccccc2CSc2ccc(Cl)cc21.O=C(O)C(=O)O. The second-order valence-electron chi connectivity index (χ2n) is 8.98. The number of carboxylic acid groups (broad SMARTS) is 2. The van der Waals surface area contributed by atoms with Crippen molar-refractivity contribution in [3.63, 3.8) is 0 Å². The largest absolute Gasteiger partial charge is 0.473 e. The first-order valence-electron chi connectivity index (χ1n) is 11.8. The molecule has 0 aromatic heterocycles. The van der Waals surface area contributed by atoms with Crippen LogP contribution >= 0.6 is 23.4 Å². The van der Waals surface area contributed by atoms with E-state index >= 15 is 0 Å². The van der Waals surface area contributed by atoms with Crippen molar-refractivity contribution >= 4 is 41.3 Å². The van der Waals surface area contributed by atoms with Gasteiger partial charge in [0.25, 0.3) is 0 Å². The van der Waals surface area contributed by atoms with E-state index in [4.69, 9.17) is 36.1 Å². The van der Waals surface area contributed by atoms with Crippen molar-refractivity contribution in [1.29, 1.82) is 0 Å². The number of piperidine rings is 1. The number of carbonyl (C=O) groups is 3. The van der Waals surface area contributed by atoms with Gasteiger partial charge in [-0.05, 0) is 50.5 Å². The highest BCUT2D eigenvalue weighted by Gasteiger charge is 2.84. The summed E-state index contributed by atoms with van der Waals surface area (Å²) < 4.78 is 6.50. The summed E-state index contributed by atoms with van der Waals surface area (Å²) in [7, 11) is 0. The Morgan fingerprint density at radius 3 is 2.49 bits per heavy atom. The molecule has 0 saturated carbocycles. The molecule has 0 aliphatic carbocycles. The molecular formula is C26H29ClNO6S+. The molecule has 2 fully saturated rings. The predicted molar refractivity (Wildman–Crippen MR) is 132 cm³/mol. The van der Waals surface area contributed by atoms with Gasteiger partial charge in [0.1, 0.15) is 5.92 Å². The van der Waals surface area contributed by atoms with Gasteiger partial charge in [-0.1, -0.05) is 35.9 Å². The van der Waals surface area contributed by atoms with Gasteiger partial charge in [-0.25, -0.2) is 9.59 Å². The Hall–Kier alpha value is -2.55. The van der Waals surface area contributed by atoms with E-state index in [1.807, 2.05) is 24.8 Å². The first-order chi connectivity index (χ1) is 16.7. The molecule has 7 nitrogen and oxygen atoms in total. The van der Waals surface area contributed by atoms with E-state index in [1.54, 1.807) is 0 Å². The maximum absolute atomic E-state index is 13.0. The number of halogens is 1. The Morgan fingerprint density at radius 1 is 1.11 bits per heavy atom. The van der Waals surface area contributed by atoms with Crippen LogP contribution in [0.4, 0.5) is 0 Å². The monoisotopic (exact) mass is 518 g/mol. The molecule has 3 heterocycles. The van der Waals surface area contributed by atoms with Crippen LogP contribution in [0.5, 0.6) is 0 Å². The molecule has 186 valence electrons. The Labute approximate surface area is 213 Å². The fourth-order valence-corrected chi connectivity index (χ4v) is 7.67. The average Bonchev–Trinajstić information content (AvgIpc) is 3.51. The van der Waals surface area contributed by atoms with Crippen molar-refractivity contribution in [2.75, 3.05) is 19.7 Å². The molecule has 0 bridgehead atoms. The van der Waals surface area contributed by atoms with Crippen molar-refractivity contribution in [3.05, 3.63) is 64.2 Å². The minimum Gasteiger partial charge on any atom is -0.473 e. The second kappa shape index (κ2) is 9.84. The molecule has 4 atom stereocenters. The Balaban J connectivity index is 0.000000431. The van der Waals surface area contributed by atoms with Crippen LogP contribution in [0.1, 0.15) is 43.4 Å². The minimum absolute atomic E-state index is 0.0250. The molecule has 2 aromatic rings. The molecule has 2 aromatic carbocycles. The molecule has 2 N–H and O–H groups in total. The van der Waals surface area contributed by atoms with Gasteiger partial charge in [0.15, 0.2) is 6.04 Å². The topological polar surface area (TPSA) is 101 Å². The van der Waals surface area contributed by atoms with Crippen molar-refractivity contribution in [3.8, 4) is 0 Å². The molecule has 3 aliphatic rings. The Bertz CT molecular complexity index is 1160. The van der Waals surface area contributed by atoms with Crippen LogP contribution in [0.3, 0.4) is 0 Å². The number of carboxylic acids is 2. The van der Waals surface area contributed by atoms with E-state index < -0.39 is 11.9 Å². The zero-order chi connectivity index (χ0) is 25.4. The number of quaternary nitrogens is 1. The first kappa shape index (κ1) is 25.5. The number of esters is 1. The van der Waals surface area contributed by atoms with Gasteiger partial charge in [-0.3, -0.25) is 9.28 Å². The maximum Gasteiger partial charge on any atom is 0.414 e. The van der Waals surface area contributed by atoms with Gasteiger partial charge in [0.2, 0.25) is 5.54 Å². The number of benzene rings is 2. The van der Waals surface area contributed by atoms with E-state index in [2.05, 4.69) is 43.3 Å². The van der Waals surface area contributed by atoms with Crippen molar-refractivity contribution in [2.24, 2.45) is 5.92 Å². The lowest BCUT2D eigenvalue weighted by Gasteiger charge is -2.30. The second-order valence-corrected chi connectivity index (χ2v) is 10.4. The van der Waals surface area contributed by atoms with Gasteiger partial charge in [-0.15, -0.1) is 11.8 Å². The van der Waals surface area contributed by atoms with E-state index in [0.29, 0.717) is 6.61 Å². The van der Waals surface area contributed by atoms with Crippen LogP contribution in [-0.4, -0.2) is 58.3 Å². The summed E-state index contributed by atoms with van der Waals surface area (Å²) in [5, 5.41) is 15.6. The number of fused-ring (bicyclic) bond motifs is 7. The summed E-state index contributed by atoms with van der Waals surface area (Å²) in [4.78, 5) is 32.5. The summed E-state index contributed by atoms with van der Waals surface area (Å²) in [6.07, 6.45) is 1.97. The maximum atomic E-state index is 13.0. The molecule has 3 aliphatic heterocycles. The third kappa shape index (κ3) is 4.01. The van der Waals surface area contributed by atoms with Gasteiger partial charge < -0.3 is 14.9 Å². The first-order valence-corrected chi connectivity index (χ1v) is 13.1. The van der Waals surface area contributed by atoms with E-state index in [0.717, 1.165) is 41.2 Å². The predicted octanol–water partition coefficient (Wildman–Crippen LogP) is 4.54. The smallest absolute Gasteiger partial charge is 0.414 e. The number of rotatable bonds is 3. The lowest BCUT2D eigenvalue weighted by molar-refractivity contribution is -0.846. The minimum atomic E-state index is -1.82. The van der Waals surface area contributed by atoms with Gasteiger partial charge in [-0.2, -0.15) is 0 Å². The van der Waals surface area contributed by atoms with E-state index in [-0.39, 0.29) is 23.5 Å². The molecule has 5 rings (SSSR count). The third-order valence-electron chi connectivity index (χ3n) is 7.55. The molecule has 35 heavy (non-hydrogen) atoms. The summed E-state index contributed by atoms with van der Waals surface area (Å²) >= 11 is 8.43. The number of thioether (sulfide) groups is 1. The molecular weight excluding hydrogens is 490 g/mol. The molecule has 9 heteroatoms. The number of carbonyl (C=O) groups excluding carboxylic acids is 1. The molecule has 0 radical (unpaired) electrons. The summed E-state index contributed by atoms with van der Waals surface area (Å²) in [6, 6.07) is 15.4. The number of hydrogen-bond donors (Lipinski definition) is 2. The zero-order valence-electron chi connectivity index (χ0n) is 19.7. The molecule has 1 spiro atoms. The highest BCUT2D eigenvalue weighted by atomic mass is 35.5. The zero-order valence-corrected chi connectivity index (χ0v) is 21.3. The van der Waals surface area contributed by atoms with Crippen molar-refractivity contribution < 1.29 is 33.8 Å². The van der Waals surface area contributed by atoms with Crippen molar-refractivity contribution in [1.82, 2.24) is 0 Å². The van der Waals surface area contributed by atoms with Crippen LogP contribution in [0.2, 0.25) is 5.02 Å². The summed E-state index contributed by atoms with van der Waals surface area (Å²) in [5.74, 6) is -2.79. The Morgan fingerprint density at radius 2 is 1.83 bits per heavy atom. The standard InChI is InChI=1S/C24H27ClNO2S.C2H2O4/c1-3-26-13-7-9-18(23(27)28-4-2)22(26)24(26)19-10-6-5-8-16(19)15-29-21-12-11-17(25)14-20(21)24;3-1(4)2(5)6/h5-6,8,10-12,14,18,22H,3-4,7,9,13,15H2,1-2H3;(H,3,4)(H,5,6)/q+1;/t18?,22?,24-,26?;/m1./s1. The quantitative estimate of drug-likeness (QED) is 0.266. The molecule has 0 amide bonds. The average molecular weight is 519 g/mol. The lowest BCUT2D eigenvalue weighted by atomic mass is 9.80. The lowest BCUT2D eigenvalue weighted by Crippen LogP contribution is -2.41. The summed E-state index contributed by atoms with van der Waals surface area (Å²) in [5.41, 5.74) is 3.87. The number of nitrogens with zero attached hydrogens (tertiary/aromatic N) is 1. The number of likely N-dealkylation sites (N-methyl/N-ethyl adjacent to an activating group) is 1. The number of ether oxygens (including phenoxy) is 1. The van der Waals surface area contributed by atoms with Crippen LogP contribution in [0.25, 0.3) is 0 Å². The van der Waals surface area contributed by atoms with E-state index in [9.17, 15) is 4.79 Å². The highest BCUT2D eigenvalue weighted by Crippen LogP contribution is 2.69. The fraction of sp³-hybridized carbons (Fsp3) is 0.423. The van der Waals surface area contributed by atoms with Gasteiger partial charge >= 0.3 is 17.9 Å². The van der Waals surface area contributed by atoms with Crippen molar-refractivity contribution in [2.45, 2.75) is 48.9 Å². The Kier molecular flexibility index (Phi) is 7.18. The molecule has 2 saturated heterocycles. The van der Waals surface area contributed by atoms with Crippen LogP contribution < -0.4 is 0 Å². The van der Waals surface area contributed by atoms with Gasteiger partial charge in [0.05, 0.1) is 19.7 Å². The van der Waals surface area contributed by atoms with Crippen LogP contribution in [0.15, 0.2) is 47.4 Å². The third-order valence-corrected chi connectivity index (χ3v) is 8.91. The van der Waals surface area contributed by atoms with Crippen LogP contribution in [-0.2, 0) is 30.4 Å². The molecule has 3 unspecified atom stereocenters. The highest BCUT2D eigenvalue weighted by molar-refractivity contribution is 7.98. The number of hydrogen-bond acceptors (Lipinski definition) is 5. The number of aliphatic carboxylic acids is 2.